The van der Waals surface area contributed by atoms with E-state index in [2.05, 4.69) is 10.6 Å². The minimum Gasteiger partial charge on any atom is -0.394 e. The Morgan fingerprint density at radius 2 is 1.94 bits per heavy atom. The summed E-state index contributed by atoms with van der Waals surface area (Å²) in [6.45, 7) is 5.05. The molecule has 3 N–H and O–H groups in total. The number of benzene rings is 1. The standard InChI is InChI=1S/C23H27ClFN3O4/c1-13-18(21(31)26-14-8-9-16(25)15(24)11-14)17-7-5-4-6-10-28(17)19(13)20(30)22(32)27-23(2,3)12-29/h8-9,11,29H,4-7,10,12H2,1-3H3,(H,26,31)(H,27,32). The van der Waals surface area contributed by atoms with Crippen molar-refractivity contribution in [2.24, 2.45) is 0 Å². The van der Waals surface area contributed by atoms with Gasteiger partial charge < -0.3 is 20.3 Å². The lowest BCUT2D eigenvalue weighted by molar-refractivity contribution is -0.119. The molecule has 1 aromatic heterocycles. The molecule has 0 fully saturated rings. The number of aliphatic hydroxyl groups is 1. The summed E-state index contributed by atoms with van der Waals surface area (Å²) in [6, 6.07) is 3.88. The van der Waals surface area contributed by atoms with E-state index in [0.717, 1.165) is 25.3 Å². The summed E-state index contributed by atoms with van der Waals surface area (Å²) in [7, 11) is 0. The second-order valence-electron chi connectivity index (χ2n) is 8.67. The van der Waals surface area contributed by atoms with Crippen LogP contribution in [0.3, 0.4) is 0 Å². The van der Waals surface area contributed by atoms with Gasteiger partial charge in [0.05, 0.1) is 28.4 Å². The van der Waals surface area contributed by atoms with Crippen molar-refractivity contribution in [3.8, 4) is 0 Å². The molecule has 0 unspecified atom stereocenters. The quantitative estimate of drug-likeness (QED) is 0.449. The number of amides is 2. The number of nitrogens with one attached hydrogen (secondary N) is 2. The smallest absolute Gasteiger partial charge is 0.294 e. The molecule has 7 nitrogen and oxygen atoms in total. The number of nitrogens with zero attached hydrogens (tertiary/aromatic N) is 1. The summed E-state index contributed by atoms with van der Waals surface area (Å²) in [4.78, 5) is 39.0. The summed E-state index contributed by atoms with van der Waals surface area (Å²) in [5.41, 5.74) is 0.986. The van der Waals surface area contributed by atoms with Gasteiger partial charge in [0.1, 0.15) is 5.82 Å². The van der Waals surface area contributed by atoms with Crippen LogP contribution in [0.5, 0.6) is 0 Å². The van der Waals surface area contributed by atoms with Crippen LogP contribution < -0.4 is 10.6 Å². The fraction of sp³-hybridized carbons (Fsp3) is 0.435. The maximum atomic E-state index is 13.5. The molecule has 2 amide bonds. The highest BCUT2D eigenvalue weighted by Crippen LogP contribution is 2.29. The Labute approximate surface area is 190 Å². The van der Waals surface area contributed by atoms with E-state index in [9.17, 15) is 23.9 Å². The lowest BCUT2D eigenvalue weighted by atomic mass is 10.0. The van der Waals surface area contributed by atoms with Crippen LogP contribution in [0.4, 0.5) is 10.1 Å². The molecular weight excluding hydrogens is 437 g/mol. The molecule has 172 valence electrons. The normalized spacial score (nSPS) is 13.8. The Balaban J connectivity index is 2.01. The van der Waals surface area contributed by atoms with E-state index >= 15 is 0 Å². The molecule has 1 aromatic carbocycles. The highest BCUT2D eigenvalue weighted by molar-refractivity contribution is 6.43. The van der Waals surface area contributed by atoms with E-state index in [4.69, 9.17) is 11.6 Å². The van der Waals surface area contributed by atoms with Gasteiger partial charge in [0.2, 0.25) is 0 Å². The maximum absolute atomic E-state index is 13.5. The van der Waals surface area contributed by atoms with E-state index < -0.39 is 29.0 Å². The number of anilines is 1. The van der Waals surface area contributed by atoms with E-state index in [1.54, 1.807) is 25.3 Å². The van der Waals surface area contributed by atoms with Gasteiger partial charge in [-0.25, -0.2) is 4.39 Å². The van der Waals surface area contributed by atoms with Gasteiger partial charge >= 0.3 is 0 Å². The van der Waals surface area contributed by atoms with Crippen LogP contribution in [-0.2, 0) is 17.8 Å². The van der Waals surface area contributed by atoms with Gasteiger partial charge in [-0.2, -0.15) is 0 Å². The third-order valence-corrected chi connectivity index (χ3v) is 5.87. The zero-order valence-corrected chi connectivity index (χ0v) is 19.1. The number of Topliss-reactive ketones (excluding diaryl/α,β-unsaturated/α-hetero) is 1. The first-order valence-corrected chi connectivity index (χ1v) is 10.9. The molecule has 3 rings (SSSR count). The van der Waals surface area contributed by atoms with Crippen molar-refractivity contribution < 1.29 is 23.9 Å². The van der Waals surface area contributed by atoms with Crippen LogP contribution in [0.25, 0.3) is 0 Å². The Bertz CT molecular complexity index is 1080. The van der Waals surface area contributed by atoms with E-state index in [0.29, 0.717) is 35.5 Å². The molecule has 0 radical (unpaired) electrons. The second-order valence-corrected chi connectivity index (χ2v) is 9.07. The Morgan fingerprint density at radius 3 is 2.59 bits per heavy atom. The number of aromatic nitrogens is 1. The molecule has 1 aliphatic rings. The first kappa shape index (κ1) is 23.9. The van der Waals surface area contributed by atoms with E-state index in [1.807, 2.05) is 0 Å². The van der Waals surface area contributed by atoms with Crippen LogP contribution in [0.1, 0.15) is 65.2 Å². The van der Waals surface area contributed by atoms with Crippen LogP contribution in [-0.4, -0.2) is 39.4 Å². The molecule has 0 bridgehead atoms. The van der Waals surface area contributed by atoms with Crippen LogP contribution in [0, 0.1) is 12.7 Å². The molecule has 2 aromatic rings. The summed E-state index contributed by atoms with van der Waals surface area (Å²) in [5, 5.41) is 14.6. The molecule has 1 aliphatic heterocycles. The molecule has 0 saturated heterocycles. The molecule has 0 atom stereocenters. The van der Waals surface area contributed by atoms with E-state index in [-0.39, 0.29) is 17.3 Å². The van der Waals surface area contributed by atoms with Gasteiger partial charge in [-0.3, -0.25) is 14.4 Å². The fourth-order valence-electron chi connectivity index (χ4n) is 3.93. The van der Waals surface area contributed by atoms with Crippen LogP contribution in [0.2, 0.25) is 5.02 Å². The molecule has 2 heterocycles. The summed E-state index contributed by atoms with van der Waals surface area (Å²) in [5.74, 6) is -2.64. The number of carbonyl (C=O) groups is 3. The average molecular weight is 464 g/mol. The zero-order chi connectivity index (χ0) is 23.6. The first-order valence-electron chi connectivity index (χ1n) is 10.5. The number of carbonyl (C=O) groups excluding carboxylic acids is 3. The number of halogens is 2. The topological polar surface area (TPSA) is 100 Å². The lowest BCUT2D eigenvalue weighted by Gasteiger charge is -2.23. The minimum absolute atomic E-state index is 0.116. The van der Waals surface area contributed by atoms with Crippen molar-refractivity contribution in [3.63, 3.8) is 0 Å². The van der Waals surface area contributed by atoms with Crippen molar-refractivity contribution in [1.29, 1.82) is 0 Å². The van der Waals surface area contributed by atoms with Crippen molar-refractivity contribution in [2.45, 2.75) is 58.5 Å². The van der Waals surface area contributed by atoms with Gasteiger partial charge in [0.25, 0.3) is 17.6 Å². The largest absolute Gasteiger partial charge is 0.394 e. The number of fused-ring (bicyclic) bond motifs is 1. The summed E-state index contributed by atoms with van der Waals surface area (Å²) in [6.07, 6.45) is 3.20. The second kappa shape index (κ2) is 9.42. The van der Waals surface area contributed by atoms with Gasteiger partial charge in [0.15, 0.2) is 0 Å². The fourth-order valence-corrected chi connectivity index (χ4v) is 4.11. The zero-order valence-electron chi connectivity index (χ0n) is 18.3. The predicted octanol–water partition coefficient (Wildman–Crippen LogP) is 3.64. The lowest BCUT2D eigenvalue weighted by Crippen LogP contribution is -2.49. The molecule has 0 aliphatic carbocycles. The molecular formula is C23H27ClFN3O4. The third kappa shape index (κ3) is 4.86. The minimum atomic E-state index is -0.961. The van der Waals surface area contributed by atoms with Gasteiger partial charge in [-0.15, -0.1) is 0 Å². The number of hydrogen-bond donors (Lipinski definition) is 3. The number of ketones is 1. The van der Waals surface area contributed by atoms with Crippen LogP contribution >= 0.6 is 11.6 Å². The molecule has 0 spiro atoms. The highest BCUT2D eigenvalue weighted by atomic mass is 35.5. The predicted molar refractivity (Wildman–Crippen MR) is 120 cm³/mol. The number of aliphatic hydroxyl groups excluding tert-OH is 1. The number of rotatable bonds is 6. The maximum Gasteiger partial charge on any atom is 0.294 e. The van der Waals surface area contributed by atoms with E-state index in [1.165, 1.54) is 12.1 Å². The van der Waals surface area contributed by atoms with Gasteiger partial charge in [-0.1, -0.05) is 18.0 Å². The molecule has 0 saturated carbocycles. The van der Waals surface area contributed by atoms with Crippen molar-refractivity contribution in [2.75, 3.05) is 11.9 Å². The SMILES string of the molecule is Cc1c(C(=O)Nc2ccc(F)c(Cl)c2)c2n(c1C(=O)C(=O)NC(C)(C)CO)CCCCC2. The third-order valence-electron chi connectivity index (χ3n) is 5.58. The number of hydrogen-bond acceptors (Lipinski definition) is 4. The Kier molecular flexibility index (Phi) is 7.05. The van der Waals surface area contributed by atoms with Crippen molar-refractivity contribution >= 4 is 34.9 Å². The molecule has 32 heavy (non-hydrogen) atoms. The monoisotopic (exact) mass is 463 g/mol. The molecule has 9 heteroatoms. The van der Waals surface area contributed by atoms with Crippen molar-refractivity contribution in [3.05, 3.63) is 51.6 Å². The van der Waals surface area contributed by atoms with Crippen LogP contribution in [0.15, 0.2) is 18.2 Å². The Hall–Kier alpha value is -2.71. The highest BCUT2D eigenvalue weighted by Gasteiger charge is 2.33. The first-order chi connectivity index (χ1) is 15.1. The van der Waals surface area contributed by atoms with Gasteiger partial charge in [-0.05, 0) is 63.8 Å². The summed E-state index contributed by atoms with van der Waals surface area (Å²) < 4.78 is 15.2. The summed E-state index contributed by atoms with van der Waals surface area (Å²) >= 11 is 5.82. The van der Waals surface area contributed by atoms with Gasteiger partial charge in [0, 0.05) is 17.9 Å². The Morgan fingerprint density at radius 1 is 1.22 bits per heavy atom. The average Bonchev–Trinajstić information content (AvgIpc) is 2.86. The van der Waals surface area contributed by atoms with Crippen molar-refractivity contribution in [1.82, 2.24) is 9.88 Å².